The molecule has 1 rings (SSSR count). The maximum Gasteiger partial charge on any atom is 0.116 e. The highest BCUT2D eigenvalue weighted by Gasteiger charge is 2.26. The maximum atomic E-state index is 12.6. The topological polar surface area (TPSA) is 0 Å². The Morgan fingerprint density at radius 3 is 2.56 bits per heavy atom. The van der Waals surface area contributed by atoms with Crippen LogP contribution in [0.2, 0.25) is 5.82 Å². The molecule has 0 amide bonds. The third-order valence-corrected chi connectivity index (χ3v) is 2.41. The van der Waals surface area contributed by atoms with Gasteiger partial charge in [-0.3, -0.25) is 0 Å². The van der Waals surface area contributed by atoms with Gasteiger partial charge in [-0.2, -0.15) is 0 Å². The normalized spacial score (nSPS) is 44.9. The van der Waals surface area contributed by atoms with Crippen LogP contribution in [0.4, 0.5) is 4.39 Å². The summed E-state index contributed by atoms with van der Waals surface area (Å²) in [5.74, 6) is 0.625. The molecule has 0 bridgehead atoms. The first-order valence-corrected chi connectivity index (χ1v) is 3.92. The van der Waals surface area contributed by atoms with Crippen LogP contribution < -0.4 is 0 Å². The molecule has 52 valence electrons. The van der Waals surface area contributed by atoms with Crippen molar-refractivity contribution in [2.24, 2.45) is 0 Å². The summed E-state index contributed by atoms with van der Waals surface area (Å²) in [7, 11) is 2.13. The largest absolute Gasteiger partial charge is 0.246 e. The summed E-state index contributed by atoms with van der Waals surface area (Å²) in [6, 6.07) is 0. The average molecular weight is 148 g/mol. The number of hydrogen-bond donors (Lipinski definition) is 0. The lowest BCUT2D eigenvalue weighted by molar-refractivity contribution is 0.257. The first-order valence-electron chi connectivity index (χ1n) is 3.48. The molecule has 3 atom stereocenters. The number of hydrogen-bond acceptors (Lipinski definition) is 0. The van der Waals surface area contributed by atoms with Crippen molar-refractivity contribution in [3.05, 3.63) is 0 Å². The van der Waals surface area contributed by atoms with Crippen LogP contribution in [0.3, 0.4) is 0 Å². The minimum Gasteiger partial charge on any atom is -0.246 e. The Morgan fingerprint density at radius 1 is 1.44 bits per heavy atom. The van der Waals surface area contributed by atoms with Gasteiger partial charge in [0.2, 0.25) is 0 Å². The number of rotatable bonds is 0. The Labute approximate surface area is 61.2 Å². The molecule has 1 fully saturated rings. The maximum absolute atomic E-state index is 12.6. The van der Waals surface area contributed by atoms with E-state index in [-0.39, 0.29) is 5.38 Å². The molecular weight excluding hydrogens is 137 g/mol. The average Bonchev–Trinajstić information content (AvgIpc) is 1.80. The molecule has 0 saturated heterocycles. The summed E-state index contributed by atoms with van der Waals surface area (Å²) in [5.41, 5.74) is 0. The summed E-state index contributed by atoms with van der Waals surface area (Å²) < 4.78 is 12.6. The summed E-state index contributed by atoms with van der Waals surface area (Å²) in [6.45, 7) is 0. The molecule has 9 heavy (non-hydrogen) atoms. The molecule has 0 aromatic rings. The molecule has 0 nitrogen and oxygen atoms in total. The van der Waals surface area contributed by atoms with Crippen LogP contribution in [-0.4, -0.2) is 19.4 Å². The molecule has 0 radical (unpaired) electrons. The van der Waals surface area contributed by atoms with Gasteiger partial charge in [-0.1, -0.05) is 12.2 Å². The fourth-order valence-electron chi connectivity index (χ4n) is 1.27. The second-order valence-electron chi connectivity index (χ2n) is 2.95. The van der Waals surface area contributed by atoms with Crippen LogP contribution in [0.5, 0.6) is 0 Å². The van der Waals surface area contributed by atoms with Crippen LogP contribution in [0, 0.1) is 0 Å². The van der Waals surface area contributed by atoms with Gasteiger partial charge < -0.3 is 0 Å². The minimum absolute atomic E-state index is 0.214. The van der Waals surface area contributed by atoms with Crippen molar-refractivity contribution < 1.29 is 4.39 Å². The highest BCUT2D eigenvalue weighted by atomic mass is 35.5. The quantitative estimate of drug-likeness (QED) is 0.361. The van der Waals surface area contributed by atoms with Gasteiger partial charge in [-0.15, -0.1) is 11.6 Å². The smallest absolute Gasteiger partial charge is 0.116 e. The zero-order chi connectivity index (χ0) is 6.85. The molecule has 0 aromatic heterocycles. The zero-order valence-corrected chi connectivity index (χ0v) is 6.37. The molecule has 0 aromatic carbocycles. The van der Waals surface area contributed by atoms with E-state index in [0.29, 0.717) is 12.2 Å². The SMILES string of the molecule is BC1CCC(F)C(Cl)C1. The Balaban J connectivity index is 2.35. The van der Waals surface area contributed by atoms with Gasteiger partial charge in [0.1, 0.15) is 14.0 Å². The highest BCUT2D eigenvalue weighted by Crippen LogP contribution is 2.31. The van der Waals surface area contributed by atoms with E-state index in [2.05, 4.69) is 7.85 Å². The van der Waals surface area contributed by atoms with Crippen molar-refractivity contribution in [1.82, 2.24) is 0 Å². The summed E-state index contributed by atoms with van der Waals surface area (Å²) in [6.07, 6.45) is 1.77. The van der Waals surface area contributed by atoms with Crippen LogP contribution >= 0.6 is 11.6 Å². The van der Waals surface area contributed by atoms with Crippen molar-refractivity contribution in [3.8, 4) is 0 Å². The van der Waals surface area contributed by atoms with E-state index in [0.717, 1.165) is 12.8 Å². The third kappa shape index (κ3) is 1.85. The molecule has 1 saturated carbocycles. The highest BCUT2D eigenvalue weighted by molar-refractivity contribution is 6.22. The molecule has 1 aliphatic rings. The van der Waals surface area contributed by atoms with Gasteiger partial charge in [0.15, 0.2) is 0 Å². The molecule has 0 aliphatic heterocycles. The van der Waals surface area contributed by atoms with E-state index in [1.807, 2.05) is 0 Å². The molecule has 3 heteroatoms. The Kier molecular flexibility index (Phi) is 2.39. The van der Waals surface area contributed by atoms with Gasteiger partial charge in [-0.25, -0.2) is 4.39 Å². The first-order chi connectivity index (χ1) is 4.20. The third-order valence-electron chi connectivity index (χ3n) is 1.96. The predicted molar refractivity (Wildman–Crippen MR) is 40.7 cm³/mol. The molecule has 0 N–H and O–H groups in total. The summed E-state index contributed by atoms with van der Waals surface area (Å²) in [5, 5.41) is -0.214. The second-order valence-corrected chi connectivity index (χ2v) is 3.51. The second kappa shape index (κ2) is 2.91. The zero-order valence-electron chi connectivity index (χ0n) is 5.61. The van der Waals surface area contributed by atoms with E-state index >= 15 is 0 Å². The van der Waals surface area contributed by atoms with Crippen molar-refractivity contribution in [2.75, 3.05) is 0 Å². The van der Waals surface area contributed by atoms with Crippen molar-refractivity contribution in [3.63, 3.8) is 0 Å². The van der Waals surface area contributed by atoms with Crippen molar-refractivity contribution >= 4 is 19.4 Å². The standard InChI is InChI=1S/C6H11BClF/c7-4-1-2-6(9)5(8)3-4/h4-6H,1-3,7H2. The molecule has 3 unspecified atom stereocenters. The van der Waals surface area contributed by atoms with E-state index in [4.69, 9.17) is 11.6 Å². The van der Waals surface area contributed by atoms with E-state index < -0.39 is 6.17 Å². The van der Waals surface area contributed by atoms with E-state index in [1.165, 1.54) is 0 Å². The van der Waals surface area contributed by atoms with Crippen LogP contribution in [0.25, 0.3) is 0 Å². The van der Waals surface area contributed by atoms with Crippen LogP contribution in [0.15, 0.2) is 0 Å². The van der Waals surface area contributed by atoms with Crippen LogP contribution in [-0.2, 0) is 0 Å². The lowest BCUT2D eigenvalue weighted by atomic mass is 9.75. The minimum atomic E-state index is -0.747. The predicted octanol–water partition coefficient (Wildman–Crippen LogP) is 1.54. The van der Waals surface area contributed by atoms with Crippen molar-refractivity contribution in [1.29, 1.82) is 0 Å². The Bertz CT molecular complexity index is 99.1. The molecule has 1 aliphatic carbocycles. The lowest BCUT2D eigenvalue weighted by Gasteiger charge is -2.25. The number of halogens is 2. The van der Waals surface area contributed by atoms with Gasteiger partial charge in [-0.05, 0) is 12.8 Å². The first kappa shape index (κ1) is 7.39. The lowest BCUT2D eigenvalue weighted by Crippen LogP contribution is -2.23. The molecule has 0 heterocycles. The monoisotopic (exact) mass is 148 g/mol. The summed E-state index contributed by atoms with van der Waals surface area (Å²) >= 11 is 5.69. The fraction of sp³-hybridized carbons (Fsp3) is 1.00. The Morgan fingerprint density at radius 2 is 2.11 bits per heavy atom. The fourth-order valence-corrected chi connectivity index (χ4v) is 1.70. The van der Waals surface area contributed by atoms with Gasteiger partial charge in [0.05, 0.1) is 5.38 Å². The van der Waals surface area contributed by atoms with Crippen molar-refractivity contribution in [2.45, 2.75) is 36.6 Å². The molecular formula is C6H11BClF. The van der Waals surface area contributed by atoms with E-state index in [1.54, 1.807) is 0 Å². The Hall–Kier alpha value is 0.285. The van der Waals surface area contributed by atoms with Gasteiger partial charge >= 0.3 is 0 Å². The van der Waals surface area contributed by atoms with Gasteiger partial charge in [0.25, 0.3) is 0 Å². The number of alkyl halides is 2. The van der Waals surface area contributed by atoms with Crippen LogP contribution in [0.1, 0.15) is 19.3 Å². The molecule has 0 spiro atoms. The van der Waals surface area contributed by atoms with E-state index in [9.17, 15) is 4.39 Å². The van der Waals surface area contributed by atoms with Gasteiger partial charge in [0, 0.05) is 0 Å². The summed E-state index contributed by atoms with van der Waals surface area (Å²) in [4.78, 5) is 0.